The SMILES string of the molecule is O=C1NC2(CCCC2)C(=O)N1CCCl. The Kier molecular flexibility index (Phi) is 2.39. The van der Waals surface area contributed by atoms with E-state index in [4.69, 9.17) is 11.6 Å². The van der Waals surface area contributed by atoms with Crippen LogP contribution >= 0.6 is 11.6 Å². The molecule has 1 saturated carbocycles. The molecule has 0 radical (unpaired) electrons. The van der Waals surface area contributed by atoms with E-state index in [0.717, 1.165) is 25.7 Å². The van der Waals surface area contributed by atoms with Gasteiger partial charge in [0.05, 0.1) is 0 Å². The van der Waals surface area contributed by atoms with E-state index in [2.05, 4.69) is 5.32 Å². The van der Waals surface area contributed by atoms with Crippen LogP contribution < -0.4 is 5.32 Å². The van der Waals surface area contributed by atoms with E-state index < -0.39 is 5.54 Å². The Morgan fingerprint density at radius 2 is 2.00 bits per heavy atom. The predicted octanol–water partition coefficient (Wildman–Crippen LogP) is 1.09. The summed E-state index contributed by atoms with van der Waals surface area (Å²) < 4.78 is 0. The number of imide groups is 1. The van der Waals surface area contributed by atoms with Gasteiger partial charge in [-0.1, -0.05) is 12.8 Å². The summed E-state index contributed by atoms with van der Waals surface area (Å²) in [6.07, 6.45) is 3.58. The average molecular weight is 217 g/mol. The highest BCUT2D eigenvalue weighted by Gasteiger charge is 2.51. The first kappa shape index (κ1) is 9.77. The maximum atomic E-state index is 11.9. The lowest BCUT2D eigenvalue weighted by Crippen LogP contribution is -2.44. The van der Waals surface area contributed by atoms with Crippen molar-refractivity contribution in [2.24, 2.45) is 0 Å². The second-order valence-corrected chi connectivity index (χ2v) is 4.24. The second kappa shape index (κ2) is 3.42. The molecule has 2 aliphatic rings. The third-order valence-corrected chi connectivity index (χ3v) is 3.18. The van der Waals surface area contributed by atoms with E-state index >= 15 is 0 Å². The van der Waals surface area contributed by atoms with Crippen molar-refractivity contribution in [3.63, 3.8) is 0 Å². The van der Waals surface area contributed by atoms with Crippen LogP contribution in [0, 0.1) is 0 Å². The lowest BCUT2D eigenvalue weighted by atomic mass is 9.98. The number of nitrogens with one attached hydrogen (secondary N) is 1. The van der Waals surface area contributed by atoms with Crippen LogP contribution in [0.3, 0.4) is 0 Å². The molecule has 0 unspecified atom stereocenters. The van der Waals surface area contributed by atoms with E-state index in [1.165, 1.54) is 4.90 Å². The van der Waals surface area contributed by atoms with Gasteiger partial charge in [0.1, 0.15) is 5.54 Å². The Hall–Kier alpha value is -0.770. The Labute approximate surface area is 87.6 Å². The summed E-state index contributed by atoms with van der Waals surface area (Å²) in [6, 6.07) is -0.280. The fourth-order valence-corrected chi connectivity index (χ4v) is 2.45. The molecule has 0 aromatic carbocycles. The highest BCUT2D eigenvalue weighted by molar-refractivity contribution is 6.18. The Morgan fingerprint density at radius 1 is 1.36 bits per heavy atom. The number of rotatable bonds is 2. The molecule has 4 nitrogen and oxygen atoms in total. The third kappa shape index (κ3) is 1.29. The van der Waals surface area contributed by atoms with Gasteiger partial charge in [-0.2, -0.15) is 0 Å². The van der Waals surface area contributed by atoms with Gasteiger partial charge in [-0.3, -0.25) is 9.69 Å². The smallest absolute Gasteiger partial charge is 0.323 e. The van der Waals surface area contributed by atoms with Crippen molar-refractivity contribution in [2.75, 3.05) is 12.4 Å². The molecule has 0 bridgehead atoms. The number of carbonyl (C=O) groups excluding carboxylic acids is 2. The summed E-state index contributed by atoms with van der Waals surface area (Å²) in [4.78, 5) is 24.6. The van der Waals surface area contributed by atoms with Gasteiger partial charge >= 0.3 is 6.03 Å². The van der Waals surface area contributed by atoms with Crippen LogP contribution in [0.15, 0.2) is 0 Å². The molecule has 2 fully saturated rings. The highest BCUT2D eigenvalue weighted by Crippen LogP contribution is 2.34. The summed E-state index contributed by atoms with van der Waals surface area (Å²) in [7, 11) is 0. The monoisotopic (exact) mass is 216 g/mol. The van der Waals surface area contributed by atoms with E-state index in [-0.39, 0.29) is 11.9 Å². The minimum atomic E-state index is -0.580. The normalized spacial score (nSPS) is 24.8. The maximum absolute atomic E-state index is 11.9. The number of nitrogens with zero attached hydrogens (tertiary/aromatic N) is 1. The fraction of sp³-hybridized carbons (Fsp3) is 0.778. The number of hydrogen-bond acceptors (Lipinski definition) is 2. The minimum absolute atomic E-state index is 0.0827. The summed E-state index contributed by atoms with van der Waals surface area (Å²) in [6.45, 7) is 0.313. The molecule has 1 heterocycles. The molecule has 3 amide bonds. The van der Waals surface area contributed by atoms with E-state index in [0.29, 0.717) is 12.4 Å². The van der Waals surface area contributed by atoms with Crippen molar-refractivity contribution in [2.45, 2.75) is 31.2 Å². The van der Waals surface area contributed by atoms with Crippen molar-refractivity contribution in [1.82, 2.24) is 10.2 Å². The van der Waals surface area contributed by atoms with Crippen LogP contribution in [0.2, 0.25) is 0 Å². The van der Waals surface area contributed by atoms with E-state index in [1.54, 1.807) is 0 Å². The molecule has 2 rings (SSSR count). The Balaban J connectivity index is 2.18. The molecular weight excluding hydrogens is 204 g/mol. The molecular formula is C9H13ClN2O2. The molecule has 0 aromatic heterocycles. The number of carbonyl (C=O) groups is 2. The molecule has 14 heavy (non-hydrogen) atoms. The van der Waals surface area contributed by atoms with E-state index in [1.807, 2.05) is 0 Å². The van der Waals surface area contributed by atoms with Gasteiger partial charge in [0.2, 0.25) is 0 Å². The molecule has 1 aliphatic carbocycles. The lowest BCUT2D eigenvalue weighted by molar-refractivity contribution is -0.130. The summed E-state index contributed by atoms with van der Waals surface area (Å²) >= 11 is 5.53. The van der Waals surface area contributed by atoms with Crippen LogP contribution in [0.4, 0.5) is 4.79 Å². The first-order chi connectivity index (χ1) is 6.69. The van der Waals surface area contributed by atoms with Gasteiger partial charge in [0, 0.05) is 12.4 Å². The molecule has 1 spiro atoms. The van der Waals surface area contributed by atoms with Gasteiger partial charge in [-0.05, 0) is 12.8 Å². The van der Waals surface area contributed by atoms with Gasteiger partial charge in [-0.25, -0.2) is 4.79 Å². The molecule has 0 aromatic rings. The zero-order valence-electron chi connectivity index (χ0n) is 7.88. The molecule has 5 heteroatoms. The third-order valence-electron chi connectivity index (χ3n) is 3.01. The molecule has 1 saturated heterocycles. The van der Waals surface area contributed by atoms with Crippen LogP contribution in [0.5, 0.6) is 0 Å². The maximum Gasteiger partial charge on any atom is 0.325 e. The largest absolute Gasteiger partial charge is 0.325 e. The van der Waals surface area contributed by atoms with Crippen LogP contribution in [-0.4, -0.2) is 34.8 Å². The summed E-state index contributed by atoms with van der Waals surface area (Å²) in [5.74, 6) is 0.218. The highest BCUT2D eigenvalue weighted by atomic mass is 35.5. The number of halogens is 1. The van der Waals surface area contributed by atoms with Crippen molar-refractivity contribution >= 4 is 23.5 Å². The molecule has 0 atom stereocenters. The standard InChI is InChI=1S/C9H13ClN2O2/c10-5-6-12-7(13)9(11-8(12)14)3-1-2-4-9/h1-6H2,(H,11,14). The number of alkyl halides is 1. The topological polar surface area (TPSA) is 49.4 Å². The van der Waals surface area contributed by atoms with Gasteiger partial charge in [-0.15, -0.1) is 11.6 Å². The van der Waals surface area contributed by atoms with Gasteiger partial charge in [0.25, 0.3) is 5.91 Å². The summed E-state index contributed by atoms with van der Waals surface area (Å²) in [5.41, 5.74) is -0.580. The Morgan fingerprint density at radius 3 is 2.57 bits per heavy atom. The van der Waals surface area contributed by atoms with Crippen LogP contribution in [-0.2, 0) is 4.79 Å². The zero-order chi connectivity index (χ0) is 10.2. The predicted molar refractivity (Wildman–Crippen MR) is 52.2 cm³/mol. The zero-order valence-corrected chi connectivity index (χ0v) is 8.64. The lowest BCUT2D eigenvalue weighted by Gasteiger charge is -2.19. The van der Waals surface area contributed by atoms with Crippen LogP contribution in [0.25, 0.3) is 0 Å². The first-order valence-corrected chi connectivity index (χ1v) is 5.43. The molecule has 78 valence electrons. The van der Waals surface area contributed by atoms with Gasteiger partial charge < -0.3 is 5.32 Å². The quantitative estimate of drug-likeness (QED) is 0.555. The van der Waals surface area contributed by atoms with Crippen molar-refractivity contribution < 1.29 is 9.59 Å². The number of urea groups is 1. The van der Waals surface area contributed by atoms with Crippen LogP contribution in [0.1, 0.15) is 25.7 Å². The summed E-state index contributed by atoms with van der Waals surface area (Å²) in [5, 5.41) is 2.79. The van der Waals surface area contributed by atoms with E-state index in [9.17, 15) is 9.59 Å². The van der Waals surface area contributed by atoms with Crippen molar-refractivity contribution in [1.29, 1.82) is 0 Å². The number of hydrogen-bond donors (Lipinski definition) is 1. The number of amides is 3. The van der Waals surface area contributed by atoms with Gasteiger partial charge in [0.15, 0.2) is 0 Å². The minimum Gasteiger partial charge on any atom is -0.323 e. The second-order valence-electron chi connectivity index (χ2n) is 3.87. The van der Waals surface area contributed by atoms with Crippen molar-refractivity contribution in [3.05, 3.63) is 0 Å². The fourth-order valence-electron chi connectivity index (χ4n) is 2.28. The molecule has 1 aliphatic heterocycles. The average Bonchev–Trinajstić information content (AvgIpc) is 2.69. The molecule has 1 N–H and O–H groups in total. The van der Waals surface area contributed by atoms with Crippen molar-refractivity contribution in [3.8, 4) is 0 Å². The first-order valence-electron chi connectivity index (χ1n) is 4.90. The Bertz CT molecular complexity index is 274.